The number of nitrogens with one attached hydrogen (secondary N) is 1. The van der Waals surface area contributed by atoms with E-state index in [1.54, 1.807) is 0 Å². The highest BCUT2D eigenvalue weighted by Crippen LogP contribution is 2.50. The molecule has 3 rings (SSSR count). The summed E-state index contributed by atoms with van der Waals surface area (Å²) in [5.74, 6) is 1.78. The maximum Gasteiger partial charge on any atom is 0.241 e. The molecule has 4 heteroatoms. The van der Waals surface area contributed by atoms with Crippen molar-refractivity contribution in [2.24, 2.45) is 23.5 Å². The third-order valence-electron chi connectivity index (χ3n) is 4.16. The largest absolute Gasteiger partial charge is 0.325 e. The average molecular weight is 370 g/mol. The van der Waals surface area contributed by atoms with Crippen LogP contribution in [0.2, 0.25) is 0 Å². The van der Waals surface area contributed by atoms with Gasteiger partial charge in [-0.2, -0.15) is 0 Å². The first kappa shape index (κ1) is 13.4. The zero-order chi connectivity index (χ0) is 13.4. The zero-order valence-corrected chi connectivity index (χ0v) is 13.0. The second-order valence-electron chi connectivity index (χ2n) is 5.77. The van der Waals surface area contributed by atoms with Gasteiger partial charge in [-0.15, -0.1) is 0 Å². The Bertz CT molecular complexity index is 454. The molecule has 3 N–H and O–H groups in total. The van der Waals surface area contributed by atoms with Gasteiger partial charge in [-0.05, 0) is 90.3 Å². The van der Waals surface area contributed by atoms with Gasteiger partial charge < -0.3 is 11.1 Å². The summed E-state index contributed by atoms with van der Waals surface area (Å²) in [7, 11) is 0. The number of hydrogen-bond acceptors (Lipinski definition) is 2. The van der Waals surface area contributed by atoms with E-state index in [9.17, 15) is 4.79 Å². The van der Waals surface area contributed by atoms with Gasteiger partial charge in [0.05, 0.1) is 6.04 Å². The van der Waals surface area contributed by atoms with Crippen LogP contribution in [0.25, 0.3) is 0 Å². The summed E-state index contributed by atoms with van der Waals surface area (Å²) < 4.78 is 1.16. The van der Waals surface area contributed by atoms with Crippen LogP contribution in [0.1, 0.15) is 25.7 Å². The van der Waals surface area contributed by atoms with E-state index in [1.807, 2.05) is 24.3 Å². The number of halogens is 1. The Hall–Kier alpha value is -0.620. The van der Waals surface area contributed by atoms with Crippen molar-refractivity contribution in [1.82, 2.24) is 0 Å². The van der Waals surface area contributed by atoms with Gasteiger partial charge in [0.15, 0.2) is 0 Å². The smallest absolute Gasteiger partial charge is 0.241 e. The fourth-order valence-corrected chi connectivity index (χ4v) is 3.23. The lowest BCUT2D eigenvalue weighted by atomic mass is 9.89. The summed E-state index contributed by atoms with van der Waals surface area (Å²) >= 11 is 2.25. The molecule has 19 heavy (non-hydrogen) atoms. The lowest BCUT2D eigenvalue weighted by Crippen LogP contribution is -2.43. The Kier molecular flexibility index (Phi) is 3.80. The summed E-state index contributed by atoms with van der Waals surface area (Å²) in [6.07, 6.45) is 5.02. The summed E-state index contributed by atoms with van der Waals surface area (Å²) in [5, 5.41) is 2.95. The van der Waals surface area contributed by atoms with Crippen molar-refractivity contribution in [3.8, 4) is 0 Å². The molecule has 0 aromatic heterocycles. The molecule has 2 fully saturated rings. The SMILES string of the molecule is NC(C(=O)Nc1ccc(I)cc1)C(C1CC1)C1CC1. The van der Waals surface area contributed by atoms with Crippen LogP contribution in [-0.2, 0) is 4.79 Å². The van der Waals surface area contributed by atoms with Crippen molar-refractivity contribution < 1.29 is 4.79 Å². The average Bonchev–Trinajstić information content (AvgIpc) is 3.25. The third kappa shape index (κ3) is 3.28. The molecule has 0 bridgehead atoms. The van der Waals surface area contributed by atoms with Crippen molar-refractivity contribution in [3.05, 3.63) is 27.8 Å². The van der Waals surface area contributed by atoms with E-state index < -0.39 is 0 Å². The molecule has 1 aromatic carbocycles. The molecule has 1 unspecified atom stereocenters. The van der Waals surface area contributed by atoms with Crippen molar-refractivity contribution in [1.29, 1.82) is 0 Å². The number of hydrogen-bond donors (Lipinski definition) is 2. The molecule has 0 saturated heterocycles. The predicted molar refractivity (Wildman–Crippen MR) is 84.7 cm³/mol. The van der Waals surface area contributed by atoms with Crippen molar-refractivity contribution in [3.63, 3.8) is 0 Å². The van der Waals surface area contributed by atoms with E-state index in [2.05, 4.69) is 27.9 Å². The minimum absolute atomic E-state index is 0.0231. The quantitative estimate of drug-likeness (QED) is 0.783. The van der Waals surface area contributed by atoms with Crippen LogP contribution in [0.3, 0.4) is 0 Å². The molecule has 2 aliphatic rings. The molecular weight excluding hydrogens is 351 g/mol. The van der Waals surface area contributed by atoms with Crippen LogP contribution < -0.4 is 11.1 Å². The van der Waals surface area contributed by atoms with E-state index in [0.29, 0.717) is 17.8 Å². The van der Waals surface area contributed by atoms with Gasteiger partial charge in [-0.1, -0.05) is 0 Å². The minimum Gasteiger partial charge on any atom is -0.325 e. The molecule has 0 radical (unpaired) electrons. The Labute approximate surface area is 127 Å². The first-order chi connectivity index (χ1) is 9.15. The number of carbonyl (C=O) groups is 1. The summed E-state index contributed by atoms with van der Waals surface area (Å²) in [5.41, 5.74) is 7.05. The fraction of sp³-hybridized carbons (Fsp3) is 0.533. The number of rotatable bonds is 5. The molecule has 3 nitrogen and oxygen atoms in total. The van der Waals surface area contributed by atoms with Gasteiger partial charge >= 0.3 is 0 Å². The van der Waals surface area contributed by atoms with Crippen LogP contribution in [-0.4, -0.2) is 11.9 Å². The van der Waals surface area contributed by atoms with E-state index in [-0.39, 0.29) is 11.9 Å². The van der Waals surface area contributed by atoms with Gasteiger partial charge in [0.2, 0.25) is 5.91 Å². The number of carbonyl (C=O) groups excluding carboxylic acids is 1. The van der Waals surface area contributed by atoms with E-state index in [0.717, 1.165) is 9.26 Å². The van der Waals surface area contributed by atoms with Gasteiger partial charge in [-0.3, -0.25) is 4.79 Å². The Balaban J connectivity index is 1.63. The number of anilines is 1. The molecule has 0 heterocycles. The van der Waals surface area contributed by atoms with Crippen LogP contribution >= 0.6 is 22.6 Å². The molecule has 1 aromatic rings. The molecule has 1 atom stereocenters. The minimum atomic E-state index is -0.348. The van der Waals surface area contributed by atoms with Crippen molar-refractivity contribution >= 4 is 34.2 Å². The standard InChI is InChI=1S/C15H19IN2O/c16-11-5-7-12(8-6-11)18-15(19)14(17)13(9-1-2-9)10-3-4-10/h5-10,13-14H,1-4,17H2,(H,18,19). The van der Waals surface area contributed by atoms with E-state index >= 15 is 0 Å². The summed E-state index contributed by atoms with van der Waals surface area (Å²) in [4.78, 5) is 12.3. The lowest BCUT2D eigenvalue weighted by molar-refractivity contribution is -0.118. The van der Waals surface area contributed by atoms with Crippen LogP contribution in [0.5, 0.6) is 0 Å². The maximum atomic E-state index is 12.3. The molecule has 1 amide bonds. The molecule has 0 aliphatic heterocycles. The second-order valence-corrected chi connectivity index (χ2v) is 7.02. The Morgan fingerprint density at radius 2 is 1.68 bits per heavy atom. The number of nitrogens with two attached hydrogens (primary N) is 1. The van der Waals surface area contributed by atoms with Crippen molar-refractivity contribution in [2.45, 2.75) is 31.7 Å². The second kappa shape index (κ2) is 5.40. The monoisotopic (exact) mass is 370 g/mol. The summed E-state index contributed by atoms with van der Waals surface area (Å²) in [6.45, 7) is 0. The molecule has 2 saturated carbocycles. The zero-order valence-electron chi connectivity index (χ0n) is 10.8. The fourth-order valence-electron chi connectivity index (χ4n) is 2.87. The van der Waals surface area contributed by atoms with Gasteiger partial charge in [0.1, 0.15) is 0 Å². The van der Waals surface area contributed by atoms with Gasteiger partial charge in [0, 0.05) is 9.26 Å². The normalized spacial score (nSPS) is 20.4. The molecule has 0 spiro atoms. The molecular formula is C15H19IN2O. The topological polar surface area (TPSA) is 55.1 Å². The molecule has 102 valence electrons. The lowest BCUT2D eigenvalue weighted by Gasteiger charge is -2.22. The number of amides is 1. The third-order valence-corrected chi connectivity index (χ3v) is 4.88. The first-order valence-corrected chi connectivity index (χ1v) is 8.05. The summed E-state index contributed by atoms with van der Waals surface area (Å²) in [6, 6.07) is 7.48. The van der Waals surface area contributed by atoms with Gasteiger partial charge in [-0.25, -0.2) is 0 Å². The highest BCUT2D eigenvalue weighted by molar-refractivity contribution is 14.1. The first-order valence-electron chi connectivity index (χ1n) is 6.97. The van der Waals surface area contributed by atoms with Gasteiger partial charge in [0.25, 0.3) is 0 Å². The Morgan fingerprint density at radius 1 is 1.16 bits per heavy atom. The number of benzene rings is 1. The maximum absolute atomic E-state index is 12.3. The van der Waals surface area contributed by atoms with E-state index in [1.165, 1.54) is 25.7 Å². The van der Waals surface area contributed by atoms with Crippen LogP contribution in [0.4, 0.5) is 5.69 Å². The van der Waals surface area contributed by atoms with E-state index in [4.69, 9.17) is 5.73 Å². The predicted octanol–water partition coefficient (Wildman–Crippen LogP) is 2.99. The van der Waals surface area contributed by atoms with Crippen molar-refractivity contribution in [2.75, 3.05) is 5.32 Å². The Morgan fingerprint density at radius 3 is 2.16 bits per heavy atom. The van der Waals surface area contributed by atoms with Crippen LogP contribution in [0, 0.1) is 21.3 Å². The highest BCUT2D eigenvalue weighted by atomic mass is 127. The molecule has 2 aliphatic carbocycles. The van der Waals surface area contributed by atoms with Crippen LogP contribution in [0.15, 0.2) is 24.3 Å². The highest BCUT2D eigenvalue weighted by Gasteiger charge is 2.46.